The number of carbonyl (C=O) groups is 2. The predicted octanol–water partition coefficient (Wildman–Crippen LogP) is 1.12. The molecule has 0 saturated carbocycles. The number of nitrogens with zero attached hydrogens (tertiary/aromatic N) is 2. The number of hydrogen-bond acceptors (Lipinski definition) is 3. The number of hydrogen-bond donors (Lipinski definition) is 2. The highest BCUT2D eigenvalue weighted by molar-refractivity contribution is 5.84. The summed E-state index contributed by atoms with van der Waals surface area (Å²) in [5.41, 5.74) is 7.78. The Morgan fingerprint density at radius 1 is 1.29 bits per heavy atom. The van der Waals surface area contributed by atoms with E-state index in [0.717, 1.165) is 18.4 Å². The van der Waals surface area contributed by atoms with Crippen molar-refractivity contribution in [2.24, 2.45) is 5.73 Å². The maximum Gasteiger partial charge on any atom is 0.236 e. The lowest BCUT2D eigenvalue weighted by Crippen LogP contribution is -2.57. The second kappa shape index (κ2) is 7.05. The largest absolute Gasteiger partial charge is 0.368 e. The summed E-state index contributed by atoms with van der Waals surface area (Å²) in [5, 5.41) is 1.22. The van der Waals surface area contributed by atoms with Crippen LogP contribution in [0.15, 0.2) is 30.5 Å². The molecule has 3 rings (SSSR count). The molecule has 2 amide bonds. The number of rotatable bonds is 5. The first kappa shape index (κ1) is 16.5. The molecule has 1 aliphatic rings. The molecule has 0 aliphatic carbocycles. The summed E-state index contributed by atoms with van der Waals surface area (Å²) in [4.78, 5) is 30.8. The molecule has 0 spiro atoms. The first-order chi connectivity index (χ1) is 11.6. The number of H-pyrrole nitrogens is 1. The van der Waals surface area contributed by atoms with E-state index in [4.69, 9.17) is 5.73 Å². The van der Waals surface area contributed by atoms with Crippen LogP contribution in [0.2, 0.25) is 0 Å². The third kappa shape index (κ3) is 3.43. The van der Waals surface area contributed by atoms with Gasteiger partial charge in [0.05, 0.1) is 0 Å². The molecule has 0 radical (unpaired) electrons. The van der Waals surface area contributed by atoms with Crippen LogP contribution < -0.4 is 5.73 Å². The Balaban J connectivity index is 1.53. The van der Waals surface area contributed by atoms with E-state index in [1.165, 1.54) is 10.9 Å². The summed E-state index contributed by atoms with van der Waals surface area (Å²) in [7, 11) is 1.87. The summed E-state index contributed by atoms with van der Waals surface area (Å²) < 4.78 is 0. The molecule has 0 bridgehead atoms. The highest BCUT2D eigenvalue weighted by Gasteiger charge is 2.30. The highest BCUT2D eigenvalue weighted by Crippen LogP contribution is 2.20. The van der Waals surface area contributed by atoms with Crippen molar-refractivity contribution in [1.82, 2.24) is 14.8 Å². The monoisotopic (exact) mass is 328 g/mol. The zero-order valence-corrected chi connectivity index (χ0v) is 14.0. The number of para-hydroxylation sites is 1. The third-order valence-corrected chi connectivity index (χ3v) is 4.84. The van der Waals surface area contributed by atoms with E-state index in [1.807, 2.05) is 30.3 Å². The zero-order valence-electron chi connectivity index (χ0n) is 14.0. The van der Waals surface area contributed by atoms with E-state index in [9.17, 15) is 9.59 Å². The van der Waals surface area contributed by atoms with Gasteiger partial charge in [0.25, 0.3) is 0 Å². The Hall–Kier alpha value is -2.34. The average molecular weight is 328 g/mol. The smallest absolute Gasteiger partial charge is 0.236 e. The van der Waals surface area contributed by atoms with Gasteiger partial charge in [-0.25, -0.2) is 0 Å². The Labute approximate surface area is 141 Å². The fourth-order valence-corrected chi connectivity index (χ4v) is 3.33. The van der Waals surface area contributed by atoms with Crippen molar-refractivity contribution in [1.29, 1.82) is 0 Å². The van der Waals surface area contributed by atoms with Crippen LogP contribution in [-0.2, 0) is 16.0 Å². The molecule has 1 aromatic carbocycles. The number of benzene rings is 1. The molecule has 2 aromatic rings. The maximum absolute atomic E-state index is 12.4. The fourth-order valence-electron chi connectivity index (χ4n) is 3.33. The minimum Gasteiger partial charge on any atom is -0.368 e. The minimum absolute atomic E-state index is 0.106. The average Bonchev–Trinajstić information content (AvgIpc) is 2.98. The number of nitrogens with two attached hydrogens (primary N) is 1. The lowest BCUT2D eigenvalue weighted by Gasteiger charge is -2.37. The van der Waals surface area contributed by atoms with Gasteiger partial charge in [-0.15, -0.1) is 0 Å². The van der Waals surface area contributed by atoms with Gasteiger partial charge in [-0.1, -0.05) is 18.2 Å². The molecule has 1 aromatic heterocycles. The molecule has 6 heteroatoms. The minimum atomic E-state index is -0.378. The van der Waals surface area contributed by atoms with Crippen LogP contribution in [0, 0.1) is 0 Å². The molecule has 24 heavy (non-hydrogen) atoms. The number of aromatic nitrogens is 1. The number of aryl methyl sites for hydroxylation is 1. The first-order valence-electron chi connectivity index (χ1n) is 8.38. The molecular weight excluding hydrogens is 304 g/mol. The number of aromatic amines is 1. The topological polar surface area (TPSA) is 82.4 Å². The van der Waals surface area contributed by atoms with E-state index >= 15 is 0 Å². The molecule has 128 valence electrons. The van der Waals surface area contributed by atoms with Gasteiger partial charge in [0.1, 0.15) is 6.04 Å². The molecule has 6 nitrogen and oxygen atoms in total. The van der Waals surface area contributed by atoms with Crippen LogP contribution in [0.4, 0.5) is 0 Å². The van der Waals surface area contributed by atoms with E-state index in [1.54, 1.807) is 4.90 Å². The van der Waals surface area contributed by atoms with Gasteiger partial charge in [0, 0.05) is 43.2 Å². The van der Waals surface area contributed by atoms with Gasteiger partial charge >= 0.3 is 0 Å². The Kier molecular flexibility index (Phi) is 4.85. The summed E-state index contributed by atoms with van der Waals surface area (Å²) in [6, 6.07) is 7.81. The van der Waals surface area contributed by atoms with Crippen LogP contribution in [0.25, 0.3) is 10.9 Å². The lowest BCUT2D eigenvalue weighted by atomic mass is 10.1. The number of amides is 2. The predicted molar refractivity (Wildman–Crippen MR) is 93.4 cm³/mol. The van der Waals surface area contributed by atoms with E-state index in [2.05, 4.69) is 17.1 Å². The van der Waals surface area contributed by atoms with Crippen molar-refractivity contribution in [2.75, 3.05) is 26.7 Å². The van der Waals surface area contributed by atoms with Gasteiger partial charge in [0.2, 0.25) is 11.8 Å². The number of likely N-dealkylation sites (N-methyl/N-ethyl adjacent to an activating group) is 1. The molecule has 1 saturated heterocycles. The van der Waals surface area contributed by atoms with Gasteiger partial charge in [-0.05, 0) is 31.5 Å². The Morgan fingerprint density at radius 3 is 2.88 bits per heavy atom. The second-order valence-corrected chi connectivity index (χ2v) is 6.45. The van der Waals surface area contributed by atoms with Crippen LogP contribution in [0.5, 0.6) is 0 Å². The molecule has 2 heterocycles. The standard InChI is InChI=1S/C18H24N4O2/c1-21-9-10-22(12-16(21)18(19)24)17(23)8-4-5-13-11-20-15-7-3-2-6-14(13)15/h2-3,6-7,11,16,20H,4-5,8-10,12H2,1H3,(H2,19,24). The SMILES string of the molecule is CN1CCN(C(=O)CCCc2c[nH]c3ccccc23)CC1C(N)=O. The van der Waals surface area contributed by atoms with Gasteiger partial charge in [-0.2, -0.15) is 0 Å². The van der Waals surface area contributed by atoms with E-state index < -0.39 is 0 Å². The lowest BCUT2D eigenvalue weighted by molar-refractivity contribution is -0.136. The van der Waals surface area contributed by atoms with Gasteiger partial charge < -0.3 is 15.6 Å². The van der Waals surface area contributed by atoms with Crippen molar-refractivity contribution >= 4 is 22.7 Å². The molecule has 1 fully saturated rings. The van der Waals surface area contributed by atoms with Crippen LogP contribution >= 0.6 is 0 Å². The second-order valence-electron chi connectivity index (χ2n) is 6.45. The van der Waals surface area contributed by atoms with Crippen LogP contribution in [0.1, 0.15) is 18.4 Å². The van der Waals surface area contributed by atoms with Gasteiger partial charge in [0.15, 0.2) is 0 Å². The molecule has 3 N–H and O–H groups in total. The third-order valence-electron chi connectivity index (χ3n) is 4.84. The summed E-state index contributed by atoms with van der Waals surface area (Å²) in [6.07, 6.45) is 4.18. The summed E-state index contributed by atoms with van der Waals surface area (Å²) in [5.74, 6) is -0.261. The Morgan fingerprint density at radius 2 is 2.08 bits per heavy atom. The quantitative estimate of drug-likeness (QED) is 0.863. The normalized spacial score (nSPS) is 18.9. The molecule has 1 atom stereocenters. The van der Waals surface area contributed by atoms with E-state index in [-0.39, 0.29) is 17.9 Å². The van der Waals surface area contributed by atoms with Crippen molar-refractivity contribution in [2.45, 2.75) is 25.3 Å². The highest BCUT2D eigenvalue weighted by atomic mass is 16.2. The number of primary amides is 1. The Bertz CT molecular complexity index is 739. The maximum atomic E-state index is 12.4. The number of piperazine rings is 1. The van der Waals surface area contributed by atoms with Crippen molar-refractivity contribution in [3.63, 3.8) is 0 Å². The van der Waals surface area contributed by atoms with Crippen LogP contribution in [-0.4, -0.2) is 59.3 Å². The van der Waals surface area contributed by atoms with Crippen LogP contribution in [0.3, 0.4) is 0 Å². The fraction of sp³-hybridized carbons (Fsp3) is 0.444. The van der Waals surface area contributed by atoms with Crippen molar-refractivity contribution in [3.05, 3.63) is 36.0 Å². The van der Waals surface area contributed by atoms with Crippen molar-refractivity contribution in [3.8, 4) is 0 Å². The first-order valence-corrected chi connectivity index (χ1v) is 8.38. The molecular formula is C18H24N4O2. The number of nitrogens with one attached hydrogen (secondary N) is 1. The van der Waals surface area contributed by atoms with Gasteiger partial charge in [-0.3, -0.25) is 14.5 Å². The summed E-state index contributed by atoms with van der Waals surface area (Å²) in [6.45, 7) is 1.74. The van der Waals surface area contributed by atoms with E-state index in [0.29, 0.717) is 26.1 Å². The summed E-state index contributed by atoms with van der Waals surface area (Å²) >= 11 is 0. The zero-order chi connectivity index (χ0) is 17.1. The molecule has 1 unspecified atom stereocenters. The number of carbonyl (C=O) groups excluding carboxylic acids is 2. The number of fused-ring (bicyclic) bond motifs is 1. The van der Waals surface area contributed by atoms with Crippen molar-refractivity contribution < 1.29 is 9.59 Å². The molecule has 1 aliphatic heterocycles.